The van der Waals surface area contributed by atoms with Crippen LogP contribution >= 0.6 is 11.8 Å². The molecule has 0 aliphatic heterocycles. The molecule has 2 rings (SSSR count). The second kappa shape index (κ2) is 7.09. The lowest BCUT2D eigenvalue weighted by Crippen LogP contribution is -2.18. The first kappa shape index (κ1) is 16.0. The summed E-state index contributed by atoms with van der Waals surface area (Å²) in [7, 11) is 1.95. The minimum atomic E-state index is 0.190. The Kier molecular flexibility index (Phi) is 5.42. The van der Waals surface area contributed by atoms with Gasteiger partial charge < -0.3 is 9.84 Å². The molecule has 0 aliphatic carbocycles. The van der Waals surface area contributed by atoms with Crippen molar-refractivity contribution >= 4 is 11.8 Å². The number of rotatable bonds is 6. The predicted molar refractivity (Wildman–Crippen MR) is 87.3 cm³/mol. The van der Waals surface area contributed by atoms with E-state index in [1.54, 1.807) is 0 Å². The third kappa shape index (κ3) is 5.17. The van der Waals surface area contributed by atoms with E-state index in [1.165, 1.54) is 5.56 Å². The van der Waals surface area contributed by atoms with Crippen LogP contribution in [0.3, 0.4) is 0 Å². The number of nitrogens with one attached hydrogen (secondary N) is 1. The van der Waals surface area contributed by atoms with Crippen LogP contribution in [0.1, 0.15) is 44.1 Å². The summed E-state index contributed by atoms with van der Waals surface area (Å²) in [6.07, 6.45) is 0.702. The van der Waals surface area contributed by atoms with Crippen molar-refractivity contribution in [2.75, 3.05) is 7.05 Å². The van der Waals surface area contributed by atoms with Crippen molar-refractivity contribution in [2.24, 2.45) is 0 Å². The van der Waals surface area contributed by atoms with Gasteiger partial charge in [-0.05, 0) is 12.6 Å². The van der Waals surface area contributed by atoms with Gasteiger partial charge in [-0.3, -0.25) is 0 Å². The van der Waals surface area contributed by atoms with Gasteiger partial charge in [-0.25, -0.2) is 0 Å². The second-order valence-corrected chi connectivity index (χ2v) is 7.76. The molecule has 0 amide bonds. The average molecular weight is 305 g/mol. The molecular formula is C16H23N3OS. The van der Waals surface area contributed by atoms with Gasteiger partial charge in [0.2, 0.25) is 5.89 Å². The highest BCUT2D eigenvalue weighted by atomic mass is 32.2. The Bertz CT molecular complexity index is 548. The molecule has 5 heteroatoms. The smallest absolute Gasteiger partial charge is 0.228 e. The van der Waals surface area contributed by atoms with Gasteiger partial charge in [-0.15, -0.1) is 11.8 Å². The highest BCUT2D eigenvalue weighted by Gasteiger charge is 2.17. The van der Waals surface area contributed by atoms with Crippen molar-refractivity contribution in [3.05, 3.63) is 47.6 Å². The van der Waals surface area contributed by atoms with Gasteiger partial charge in [0.15, 0.2) is 5.82 Å². The molecule has 4 nitrogen and oxygen atoms in total. The molecule has 1 atom stereocenters. The van der Waals surface area contributed by atoms with Crippen molar-refractivity contribution in [3.63, 3.8) is 0 Å². The van der Waals surface area contributed by atoms with Crippen LogP contribution in [0, 0.1) is 0 Å². The van der Waals surface area contributed by atoms with Crippen LogP contribution in [0.5, 0.6) is 0 Å². The third-order valence-electron chi connectivity index (χ3n) is 3.07. The Balaban J connectivity index is 1.98. The number of benzene rings is 1. The molecule has 0 saturated carbocycles. The molecule has 2 aromatic rings. The zero-order chi connectivity index (χ0) is 15.3. The van der Waals surface area contributed by atoms with E-state index in [0.29, 0.717) is 12.3 Å². The molecule has 0 spiro atoms. The summed E-state index contributed by atoms with van der Waals surface area (Å²) in [5.41, 5.74) is 1.23. The van der Waals surface area contributed by atoms with E-state index in [1.807, 2.05) is 37.0 Å². The van der Waals surface area contributed by atoms with E-state index in [2.05, 4.69) is 48.4 Å². The molecule has 1 aromatic carbocycles. The zero-order valence-electron chi connectivity index (χ0n) is 13.1. The molecule has 0 aliphatic rings. The minimum Gasteiger partial charge on any atom is -0.339 e. The summed E-state index contributed by atoms with van der Waals surface area (Å²) in [6, 6.07) is 10.5. The number of aromatic nitrogens is 2. The second-order valence-electron chi connectivity index (χ2n) is 5.96. The Morgan fingerprint density at radius 2 is 1.95 bits per heavy atom. The summed E-state index contributed by atoms with van der Waals surface area (Å²) < 4.78 is 5.58. The molecule has 1 unspecified atom stereocenters. The van der Waals surface area contributed by atoms with Crippen molar-refractivity contribution in [1.82, 2.24) is 15.5 Å². The lowest BCUT2D eigenvalue weighted by molar-refractivity contribution is 0.359. The largest absolute Gasteiger partial charge is 0.339 e. The lowest BCUT2D eigenvalue weighted by atomic mass is 10.0. The van der Waals surface area contributed by atoms with Gasteiger partial charge in [0.05, 0.1) is 5.75 Å². The SMILES string of the molecule is CNC(Cc1nc(CSC(C)(C)C)no1)c1ccccc1. The maximum Gasteiger partial charge on any atom is 0.228 e. The summed E-state index contributed by atoms with van der Waals surface area (Å²) in [4.78, 5) is 4.49. The average Bonchev–Trinajstić information content (AvgIpc) is 2.90. The Labute approximate surface area is 130 Å². The first-order valence-corrected chi connectivity index (χ1v) is 8.14. The molecule has 0 radical (unpaired) electrons. The molecule has 114 valence electrons. The van der Waals surface area contributed by atoms with E-state index >= 15 is 0 Å². The van der Waals surface area contributed by atoms with Crippen LogP contribution in [0.4, 0.5) is 0 Å². The van der Waals surface area contributed by atoms with Crippen LogP contribution in [0.15, 0.2) is 34.9 Å². The fraction of sp³-hybridized carbons (Fsp3) is 0.500. The molecule has 21 heavy (non-hydrogen) atoms. The highest BCUT2D eigenvalue weighted by molar-refractivity contribution is 7.99. The maximum absolute atomic E-state index is 5.37. The molecule has 0 fully saturated rings. The zero-order valence-corrected chi connectivity index (χ0v) is 13.9. The highest BCUT2D eigenvalue weighted by Crippen LogP contribution is 2.26. The topological polar surface area (TPSA) is 51.0 Å². The Morgan fingerprint density at radius 1 is 1.24 bits per heavy atom. The summed E-state index contributed by atoms with van der Waals surface area (Å²) in [5, 5.41) is 7.36. The summed E-state index contributed by atoms with van der Waals surface area (Å²) in [6.45, 7) is 6.56. The number of thioether (sulfide) groups is 1. The minimum absolute atomic E-state index is 0.190. The van der Waals surface area contributed by atoms with Crippen LogP contribution in [-0.4, -0.2) is 21.9 Å². The van der Waals surface area contributed by atoms with Gasteiger partial charge in [0.25, 0.3) is 0 Å². The lowest BCUT2D eigenvalue weighted by Gasteiger charge is -2.15. The quantitative estimate of drug-likeness (QED) is 0.883. The van der Waals surface area contributed by atoms with Gasteiger partial charge in [-0.1, -0.05) is 56.3 Å². The fourth-order valence-electron chi connectivity index (χ4n) is 1.96. The predicted octanol–water partition coefficient (Wildman–Crippen LogP) is 3.60. The van der Waals surface area contributed by atoms with Gasteiger partial charge in [-0.2, -0.15) is 4.98 Å². The van der Waals surface area contributed by atoms with Crippen LogP contribution in [-0.2, 0) is 12.2 Å². The van der Waals surface area contributed by atoms with E-state index in [0.717, 1.165) is 11.6 Å². The van der Waals surface area contributed by atoms with Crippen molar-refractivity contribution < 1.29 is 4.52 Å². The summed E-state index contributed by atoms with van der Waals surface area (Å²) in [5.74, 6) is 2.23. The van der Waals surface area contributed by atoms with E-state index in [-0.39, 0.29) is 10.8 Å². The van der Waals surface area contributed by atoms with Gasteiger partial charge >= 0.3 is 0 Å². The molecule has 0 bridgehead atoms. The molecule has 1 aromatic heterocycles. The molecule has 1 heterocycles. The van der Waals surface area contributed by atoms with Crippen molar-refractivity contribution in [3.8, 4) is 0 Å². The van der Waals surface area contributed by atoms with Crippen LogP contribution < -0.4 is 5.32 Å². The number of hydrogen-bond donors (Lipinski definition) is 1. The van der Waals surface area contributed by atoms with Crippen LogP contribution in [0.2, 0.25) is 0 Å². The van der Waals surface area contributed by atoms with E-state index < -0.39 is 0 Å². The fourth-order valence-corrected chi connectivity index (χ4v) is 2.64. The van der Waals surface area contributed by atoms with Gasteiger partial charge in [0.1, 0.15) is 0 Å². The monoisotopic (exact) mass is 305 g/mol. The summed E-state index contributed by atoms with van der Waals surface area (Å²) >= 11 is 1.82. The molecule has 1 N–H and O–H groups in total. The van der Waals surface area contributed by atoms with Crippen molar-refractivity contribution in [1.29, 1.82) is 0 Å². The normalized spacial score (nSPS) is 13.3. The number of hydrogen-bond acceptors (Lipinski definition) is 5. The maximum atomic E-state index is 5.37. The third-order valence-corrected chi connectivity index (χ3v) is 4.34. The van der Waals surface area contributed by atoms with Crippen molar-refractivity contribution in [2.45, 2.75) is 43.7 Å². The number of likely N-dealkylation sites (N-methyl/N-ethyl adjacent to an activating group) is 1. The Morgan fingerprint density at radius 3 is 2.57 bits per heavy atom. The first-order valence-electron chi connectivity index (χ1n) is 7.15. The van der Waals surface area contributed by atoms with E-state index in [9.17, 15) is 0 Å². The van der Waals surface area contributed by atoms with Gasteiger partial charge in [0, 0.05) is 17.2 Å². The molecule has 0 saturated heterocycles. The Hall–Kier alpha value is -1.33. The van der Waals surface area contributed by atoms with Crippen LogP contribution in [0.25, 0.3) is 0 Å². The molecular weight excluding hydrogens is 282 g/mol. The number of nitrogens with zero attached hydrogens (tertiary/aromatic N) is 2. The first-order chi connectivity index (χ1) is 9.98. The van der Waals surface area contributed by atoms with E-state index in [4.69, 9.17) is 4.52 Å². The standard InChI is InChI=1S/C16H23N3OS/c1-16(2,3)21-11-14-18-15(20-19-14)10-13(17-4)12-8-6-5-7-9-12/h5-9,13,17H,10-11H2,1-4H3.